The number of benzene rings is 5. The Morgan fingerprint density at radius 2 is 1.11 bits per heavy atom. The summed E-state index contributed by atoms with van der Waals surface area (Å²) in [5.74, 6) is 1.53. The van der Waals surface area contributed by atoms with Gasteiger partial charge in [0.2, 0.25) is 0 Å². The molecule has 5 aromatic carbocycles. The number of ether oxygens (including phenoxy) is 1. The fourth-order valence-corrected chi connectivity index (χ4v) is 7.02. The third kappa shape index (κ3) is 6.26. The van der Waals surface area contributed by atoms with Gasteiger partial charge in [0.05, 0.1) is 4.90 Å². The van der Waals surface area contributed by atoms with E-state index in [1.54, 1.807) is 18.2 Å². The second-order valence-electron chi connectivity index (χ2n) is 12.1. The zero-order chi connectivity index (χ0) is 32.4. The standard InChI is InChI=1S/C39H40N2O4S/c1-5-25(3)29-13-7-10-16-34(29)40-27-19-21-31-36(23-27)45-37-24-28(41-35-17-11-8-14-30(35)26(4)6-2)20-22-32(37)39(31)33-15-9-12-18-38(33)46(42,43)44/h7-26,39-41H,5-6H2,1-4H3,(H,42,43,44). The predicted molar refractivity (Wildman–Crippen MR) is 187 cm³/mol. The minimum Gasteiger partial charge on any atom is -0.457 e. The first-order chi connectivity index (χ1) is 22.2. The van der Waals surface area contributed by atoms with Crippen molar-refractivity contribution in [3.8, 4) is 11.5 Å². The number of hydrogen-bond donors (Lipinski definition) is 3. The quantitative estimate of drug-likeness (QED) is 0.130. The van der Waals surface area contributed by atoms with E-state index in [-0.39, 0.29) is 4.90 Å². The molecule has 6 nitrogen and oxygen atoms in total. The third-order valence-electron chi connectivity index (χ3n) is 9.14. The Hall–Kier alpha value is -4.59. The number of nitrogens with one attached hydrogen (secondary N) is 2. The van der Waals surface area contributed by atoms with Gasteiger partial charge in [0.15, 0.2) is 0 Å². The van der Waals surface area contributed by atoms with Crippen molar-refractivity contribution >= 4 is 32.9 Å². The molecule has 0 aromatic heterocycles. The van der Waals surface area contributed by atoms with Crippen molar-refractivity contribution in [3.05, 3.63) is 137 Å². The zero-order valence-corrected chi connectivity index (χ0v) is 27.4. The monoisotopic (exact) mass is 632 g/mol. The van der Waals surface area contributed by atoms with Gasteiger partial charge in [0.25, 0.3) is 10.1 Å². The lowest BCUT2D eigenvalue weighted by atomic mass is 9.82. The van der Waals surface area contributed by atoms with E-state index >= 15 is 0 Å². The SMILES string of the molecule is CCC(C)c1ccccc1Nc1ccc2c(c1)Oc1cc(Nc3ccccc3C(C)CC)ccc1C2c1ccccc1S(=O)(=O)O. The minimum absolute atomic E-state index is 0.117. The van der Waals surface area contributed by atoms with Crippen molar-refractivity contribution in [2.24, 2.45) is 0 Å². The Morgan fingerprint density at radius 3 is 1.59 bits per heavy atom. The van der Waals surface area contributed by atoms with Gasteiger partial charge in [-0.3, -0.25) is 4.55 Å². The summed E-state index contributed by atoms with van der Waals surface area (Å²) in [5.41, 5.74) is 8.37. The molecule has 0 radical (unpaired) electrons. The van der Waals surface area contributed by atoms with Crippen molar-refractivity contribution in [2.75, 3.05) is 10.6 Å². The van der Waals surface area contributed by atoms with Crippen LogP contribution < -0.4 is 15.4 Å². The van der Waals surface area contributed by atoms with Crippen LogP contribution in [0.15, 0.2) is 114 Å². The molecule has 0 saturated heterocycles. The van der Waals surface area contributed by atoms with Crippen LogP contribution in [0, 0.1) is 0 Å². The zero-order valence-electron chi connectivity index (χ0n) is 26.6. The summed E-state index contributed by atoms with van der Waals surface area (Å²) in [6, 6.07) is 35.1. The van der Waals surface area contributed by atoms with Crippen LogP contribution in [0.25, 0.3) is 0 Å². The van der Waals surface area contributed by atoms with Crippen molar-refractivity contribution in [1.29, 1.82) is 0 Å². The molecule has 3 N–H and O–H groups in total. The van der Waals surface area contributed by atoms with Gasteiger partial charge in [-0.1, -0.05) is 94.4 Å². The normalized spacial score (nSPS) is 15.2. The number of rotatable bonds is 10. The molecule has 2 atom stereocenters. The molecule has 236 valence electrons. The van der Waals surface area contributed by atoms with E-state index in [0.717, 1.165) is 46.7 Å². The third-order valence-corrected chi connectivity index (χ3v) is 10.1. The molecular weight excluding hydrogens is 593 g/mol. The van der Waals surface area contributed by atoms with E-state index in [0.29, 0.717) is 28.9 Å². The largest absolute Gasteiger partial charge is 0.457 e. The number of fused-ring (bicyclic) bond motifs is 2. The van der Waals surface area contributed by atoms with Crippen LogP contribution in [0.1, 0.15) is 86.1 Å². The first-order valence-corrected chi connectivity index (χ1v) is 17.4. The summed E-state index contributed by atoms with van der Waals surface area (Å²) in [7, 11) is -4.48. The van der Waals surface area contributed by atoms with Gasteiger partial charge in [-0.15, -0.1) is 0 Å². The van der Waals surface area contributed by atoms with E-state index in [9.17, 15) is 13.0 Å². The maximum atomic E-state index is 12.6. The van der Waals surface area contributed by atoms with Crippen molar-refractivity contribution in [2.45, 2.75) is 63.2 Å². The topological polar surface area (TPSA) is 87.7 Å². The predicted octanol–water partition coefficient (Wildman–Crippen LogP) is 10.7. The smallest absolute Gasteiger partial charge is 0.294 e. The van der Waals surface area contributed by atoms with Gasteiger partial charge >= 0.3 is 0 Å². The van der Waals surface area contributed by atoms with Gasteiger partial charge < -0.3 is 15.4 Å². The molecule has 1 aliphatic rings. The molecule has 0 saturated carbocycles. The number of anilines is 4. The molecule has 2 unspecified atom stereocenters. The van der Waals surface area contributed by atoms with Crippen molar-refractivity contribution < 1.29 is 17.7 Å². The van der Waals surface area contributed by atoms with E-state index in [1.165, 1.54) is 17.2 Å². The Kier molecular flexibility index (Phi) is 8.89. The Labute approximate surface area is 272 Å². The molecule has 1 aliphatic heterocycles. The fraction of sp³-hybridized carbons (Fsp3) is 0.231. The number of hydrogen-bond acceptors (Lipinski definition) is 5. The van der Waals surface area contributed by atoms with Crippen LogP contribution >= 0.6 is 0 Å². The van der Waals surface area contributed by atoms with Crippen LogP contribution in [-0.2, 0) is 10.1 Å². The van der Waals surface area contributed by atoms with E-state index in [4.69, 9.17) is 4.74 Å². The highest BCUT2D eigenvalue weighted by molar-refractivity contribution is 7.85. The van der Waals surface area contributed by atoms with E-state index in [1.807, 2.05) is 48.5 Å². The fourth-order valence-electron chi connectivity index (χ4n) is 6.28. The van der Waals surface area contributed by atoms with E-state index in [2.05, 4.69) is 74.7 Å². The maximum absolute atomic E-state index is 12.6. The van der Waals surface area contributed by atoms with Crippen LogP contribution in [0.3, 0.4) is 0 Å². The molecule has 1 heterocycles. The van der Waals surface area contributed by atoms with Gasteiger partial charge in [0.1, 0.15) is 11.5 Å². The molecule has 6 rings (SSSR count). The Morgan fingerprint density at radius 1 is 0.652 bits per heavy atom. The first-order valence-electron chi connectivity index (χ1n) is 15.9. The number of para-hydroxylation sites is 2. The highest BCUT2D eigenvalue weighted by Gasteiger charge is 2.33. The summed E-state index contributed by atoms with van der Waals surface area (Å²) in [6.45, 7) is 8.81. The Balaban J connectivity index is 1.45. The van der Waals surface area contributed by atoms with Gasteiger partial charge in [0, 0.05) is 51.9 Å². The summed E-state index contributed by atoms with van der Waals surface area (Å²) < 4.78 is 42.0. The van der Waals surface area contributed by atoms with Crippen molar-refractivity contribution in [1.82, 2.24) is 0 Å². The molecule has 0 bridgehead atoms. The molecular formula is C39H40N2O4S. The molecule has 0 fully saturated rings. The van der Waals surface area contributed by atoms with Gasteiger partial charge in [-0.05, 0) is 71.7 Å². The summed E-state index contributed by atoms with van der Waals surface area (Å²) in [4.78, 5) is -0.117. The molecule has 5 aromatic rings. The maximum Gasteiger partial charge on any atom is 0.294 e. The lowest BCUT2D eigenvalue weighted by molar-refractivity contribution is 0.451. The Bertz CT molecular complexity index is 1880. The first kappa shape index (κ1) is 31.4. The van der Waals surface area contributed by atoms with Crippen LogP contribution in [0.2, 0.25) is 0 Å². The average molecular weight is 633 g/mol. The lowest BCUT2D eigenvalue weighted by Crippen LogP contribution is -2.15. The summed E-state index contributed by atoms with van der Waals surface area (Å²) in [6.07, 6.45) is 2.05. The lowest BCUT2D eigenvalue weighted by Gasteiger charge is -2.30. The highest BCUT2D eigenvalue weighted by atomic mass is 32.2. The summed E-state index contributed by atoms with van der Waals surface area (Å²) in [5, 5.41) is 7.18. The molecule has 0 aliphatic carbocycles. The van der Waals surface area contributed by atoms with Crippen LogP contribution in [0.4, 0.5) is 22.7 Å². The van der Waals surface area contributed by atoms with Gasteiger partial charge in [-0.2, -0.15) is 8.42 Å². The van der Waals surface area contributed by atoms with Gasteiger partial charge in [-0.25, -0.2) is 0 Å². The second kappa shape index (κ2) is 13.0. The van der Waals surface area contributed by atoms with Crippen LogP contribution in [-0.4, -0.2) is 13.0 Å². The average Bonchev–Trinajstić information content (AvgIpc) is 3.06. The second-order valence-corrected chi connectivity index (χ2v) is 13.5. The van der Waals surface area contributed by atoms with Crippen molar-refractivity contribution in [3.63, 3.8) is 0 Å². The highest BCUT2D eigenvalue weighted by Crippen LogP contribution is 2.50. The molecule has 7 heteroatoms. The molecule has 46 heavy (non-hydrogen) atoms. The molecule has 0 spiro atoms. The minimum atomic E-state index is -4.48. The summed E-state index contributed by atoms with van der Waals surface area (Å²) >= 11 is 0. The van der Waals surface area contributed by atoms with E-state index < -0.39 is 16.0 Å². The molecule has 0 amide bonds. The van der Waals surface area contributed by atoms with Crippen LogP contribution in [0.5, 0.6) is 11.5 Å².